The minimum absolute atomic E-state index is 0.0225. The van der Waals surface area contributed by atoms with Crippen LogP contribution in [0.25, 0.3) is 0 Å². The molecule has 2 fully saturated rings. The van der Waals surface area contributed by atoms with Crippen LogP contribution in [-0.4, -0.2) is 47.0 Å². The zero-order valence-electron chi connectivity index (χ0n) is 17.5. The van der Waals surface area contributed by atoms with Crippen molar-refractivity contribution in [1.82, 2.24) is 4.90 Å². The predicted molar refractivity (Wildman–Crippen MR) is 114 cm³/mol. The Labute approximate surface area is 178 Å². The van der Waals surface area contributed by atoms with Gasteiger partial charge in [-0.15, -0.1) is 0 Å². The highest BCUT2D eigenvalue weighted by Gasteiger charge is 2.39. The third-order valence-corrected chi connectivity index (χ3v) is 6.30. The number of aliphatic hydroxyl groups excluding tert-OH is 2. The lowest BCUT2D eigenvalue weighted by Gasteiger charge is -2.42. The maximum Gasteiger partial charge on any atom is 0.184 e. The number of β-amino-alcohol motifs (C(OH)–C–C–N with tert-alkyl or cyclic N) is 1. The van der Waals surface area contributed by atoms with Gasteiger partial charge in [0, 0.05) is 37.7 Å². The molecule has 0 amide bonds. The molecular formula is C24H32N2O4. The highest BCUT2D eigenvalue weighted by Crippen LogP contribution is 2.42. The molecule has 2 aromatic carbocycles. The molecule has 5 atom stereocenters. The molecule has 6 heteroatoms. The molecule has 4 N–H and O–H groups in total. The van der Waals surface area contributed by atoms with Crippen LogP contribution in [0.1, 0.15) is 48.0 Å². The topological polar surface area (TPSA) is 88.2 Å². The van der Waals surface area contributed by atoms with E-state index in [-0.39, 0.29) is 30.8 Å². The number of benzene rings is 2. The van der Waals surface area contributed by atoms with Crippen molar-refractivity contribution in [2.75, 3.05) is 19.6 Å². The molecule has 0 radical (unpaired) electrons. The van der Waals surface area contributed by atoms with E-state index < -0.39 is 6.29 Å². The Hall–Kier alpha value is -1.80. The van der Waals surface area contributed by atoms with Crippen molar-refractivity contribution in [1.29, 1.82) is 0 Å². The molecule has 0 aliphatic carbocycles. The fourth-order valence-electron chi connectivity index (χ4n) is 4.37. The van der Waals surface area contributed by atoms with Crippen LogP contribution in [0.5, 0.6) is 0 Å². The van der Waals surface area contributed by atoms with Crippen molar-refractivity contribution >= 4 is 0 Å². The molecule has 0 bridgehead atoms. The fraction of sp³-hybridized carbons (Fsp3) is 0.500. The second kappa shape index (κ2) is 9.56. The first kappa shape index (κ1) is 21.4. The van der Waals surface area contributed by atoms with Crippen molar-refractivity contribution in [3.63, 3.8) is 0 Å². The summed E-state index contributed by atoms with van der Waals surface area (Å²) in [5, 5.41) is 19.3. The molecule has 2 aromatic rings. The highest BCUT2D eigenvalue weighted by molar-refractivity contribution is 5.27. The zero-order valence-corrected chi connectivity index (χ0v) is 17.5. The van der Waals surface area contributed by atoms with Gasteiger partial charge in [-0.1, -0.05) is 55.5 Å². The normalized spacial score (nSPS) is 29.9. The Kier molecular flexibility index (Phi) is 6.83. The van der Waals surface area contributed by atoms with E-state index in [1.165, 1.54) is 0 Å². The third kappa shape index (κ3) is 4.75. The number of hydrogen-bond donors (Lipinski definition) is 3. The van der Waals surface area contributed by atoms with Gasteiger partial charge in [-0.2, -0.15) is 0 Å². The molecule has 2 aliphatic rings. The van der Waals surface area contributed by atoms with Gasteiger partial charge in [-0.25, -0.2) is 0 Å². The fourth-order valence-corrected chi connectivity index (χ4v) is 4.37. The van der Waals surface area contributed by atoms with Crippen LogP contribution in [-0.2, 0) is 22.6 Å². The number of ether oxygens (including phenoxy) is 2. The summed E-state index contributed by atoms with van der Waals surface area (Å²) in [5.41, 5.74) is 9.75. The average molecular weight is 413 g/mol. The Morgan fingerprint density at radius 2 is 1.67 bits per heavy atom. The molecule has 1 unspecified atom stereocenters. The molecule has 2 aliphatic heterocycles. The Morgan fingerprint density at radius 1 is 1.00 bits per heavy atom. The maximum absolute atomic E-state index is 9.92. The zero-order chi connectivity index (χ0) is 21.1. The number of hydrogen-bond acceptors (Lipinski definition) is 6. The average Bonchev–Trinajstić information content (AvgIpc) is 3.20. The second-order valence-corrected chi connectivity index (χ2v) is 8.47. The van der Waals surface area contributed by atoms with E-state index in [4.69, 9.17) is 15.2 Å². The molecule has 162 valence electrons. The molecule has 30 heavy (non-hydrogen) atoms. The first-order chi connectivity index (χ1) is 14.6. The number of rotatable bonds is 6. The van der Waals surface area contributed by atoms with E-state index in [0.29, 0.717) is 13.1 Å². The number of likely N-dealkylation sites (tertiary alicyclic amines) is 1. The van der Waals surface area contributed by atoms with Crippen LogP contribution < -0.4 is 5.73 Å². The van der Waals surface area contributed by atoms with Crippen molar-refractivity contribution in [2.45, 2.75) is 51.1 Å². The smallest absolute Gasteiger partial charge is 0.184 e. The van der Waals surface area contributed by atoms with Crippen LogP contribution in [0.3, 0.4) is 0 Å². The summed E-state index contributed by atoms with van der Waals surface area (Å²) in [6.45, 7) is 5.04. The lowest BCUT2D eigenvalue weighted by molar-refractivity contribution is -0.276. The lowest BCUT2D eigenvalue weighted by atomic mass is 9.90. The number of aliphatic hydroxyl groups is 2. The first-order valence-corrected chi connectivity index (χ1v) is 10.8. The monoisotopic (exact) mass is 412 g/mol. The van der Waals surface area contributed by atoms with E-state index in [9.17, 15) is 10.2 Å². The van der Waals surface area contributed by atoms with Crippen LogP contribution in [0.15, 0.2) is 48.5 Å². The van der Waals surface area contributed by atoms with Crippen LogP contribution in [0.2, 0.25) is 0 Å². The summed E-state index contributed by atoms with van der Waals surface area (Å²) in [5.74, 6) is 0.141. The van der Waals surface area contributed by atoms with Gasteiger partial charge in [0.25, 0.3) is 0 Å². The van der Waals surface area contributed by atoms with E-state index in [2.05, 4.69) is 11.8 Å². The minimum Gasteiger partial charge on any atom is -0.392 e. The van der Waals surface area contributed by atoms with Gasteiger partial charge in [0.1, 0.15) is 0 Å². The van der Waals surface area contributed by atoms with Crippen LogP contribution >= 0.6 is 0 Å². The predicted octanol–water partition coefficient (Wildman–Crippen LogP) is 2.50. The quantitative estimate of drug-likeness (QED) is 0.676. The second-order valence-electron chi connectivity index (χ2n) is 8.47. The molecule has 0 saturated carbocycles. The molecular weight excluding hydrogens is 380 g/mol. The Bertz CT molecular complexity index is 811. The van der Waals surface area contributed by atoms with E-state index in [1.54, 1.807) is 0 Å². The summed E-state index contributed by atoms with van der Waals surface area (Å²) < 4.78 is 12.9. The summed E-state index contributed by atoms with van der Waals surface area (Å²) in [7, 11) is 0. The number of nitrogens with zero attached hydrogens (tertiary/aromatic N) is 1. The van der Waals surface area contributed by atoms with Gasteiger partial charge >= 0.3 is 0 Å². The molecule has 6 nitrogen and oxygen atoms in total. The summed E-state index contributed by atoms with van der Waals surface area (Å²) in [4.78, 5) is 2.28. The lowest BCUT2D eigenvalue weighted by Crippen LogP contribution is -2.44. The van der Waals surface area contributed by atoms with Gasteiger partial charge < -0.3 is 25.4 Å². The SMILES string of the molecule is C[C@H]1[C@@H](CN2CC[C@@H](O)C2)OC(c2ccc(CN)cc2)O[C@H]1c1ccc(CO)cc1. The largest absolute Gasteiger partial charge is 0.392 e. The minimum atomic E-state index is -0.465. The Morgan fingerprint density at radius 3 is 2.27 bits per heavy atom. The number of nitrogens with two attached hydrogens (primary N) is 1. The van der Waals surface area contributed by atoms with Crippen molar-refractivity contribution in [3.05, 3.63) is 70.8 Å². The molecule has 0 spiro atoms. The summed E-state index contributed by atoms with van der Waals surface area (Å²) >= 11 is 0. The van der Waals surface area contributed by atoms with Crippen molar-refractivity contribution in [2.24, 2.45) is 11.7 Å². The third-order valence-electron chi connectivity index (χ3n) is 6.30. The summed E-state index contributed by atoms with van der Waals surface area (Å²) in [6.07, 6.45) is -0.0447. The molecule has 2 saturated heterocycles. The molecule has 0 aromatic heterocycles. The van der Waals surface area contributed by atoms with Crippen LogP contribution in [0.4, 0.5) is 0 Å². The summed E-state index contributed by atoms with van der Waals surface area (Å²) in [6, 6.07) is 16.0. The van der Waals surface area contributed by atoms with Gasteiger partial charge in [-0.3, -0.25) is 4.90 Å². The first-order valence-electron chi connectivity index (χ1n) is 10.8. The van der Waals surface area contributed by atoms with Gasteiger partial charge in [0.15, 0.2) is 6.29 Å². The molecule has 2 heterocycles. The van der Waals surface area contributed by atoms with Crippen molar-refractivity contribution < 1.29 is 19.7 Å². The van der Waals surface area contributed by atoms with Gasteiger partial charge in [0.2, 0.25) is 0 Å². The van der Waals surface area contributed by atoms with Gasteiger partial charge in [0.05, 0.1) is 24.9 Å². The van der Waals surface area contributed by atoms with Crippen LogP contribution in [0, 0.1) is 5.92 Å². The van der Waals surface area contributed by atoms with Gasteiger partial charge in [-0.05, 0) is 23.1 Å². The Balaban J connectivity index is 1.58. The standard InChI is InChI=1S/C24H32N2O4/c1-16-22(14-26-11-10-21(28)13-26)29-24(20-8-2-17(12-25)3-9-20)30-23(16)19-6-4-18(15-27)5-7-19/h2-9,16,21-24,27-28H,10-15,25H2,1H3/t16-,21+,22+,23+,24?/m0/s1. The molecule has 4 rings (SSSR count). The maximum atomic E-state index is 9.92. The van der Waals surface area contributed by atoms with E-state index in [0.717, 1.165) is 41.8 Å². The van der Waals surface area contributed by atoms with E-state index in [1.807, 2.05) is 48.5 Å². The highest BCUT2D eigenvalue weighted by atomic mass is 16.7. The van der Waals surface area contributed by atoms with Crippen molar-refractivity contribution in [3.8, 4) is 0 Å². The van der Waals surface area contributed by atoms with E-state index >= 15 is 0 Å².